The molecule has 0 aliphatic heterocycles. The van der Waals surface area contributed by atoms with Crippen LogP contribution < -0.4 is 5.56 Å². The highest BCUT2D eigenvalue weighted by Crippen LogP contribution is 2.24. The molecule has 5 aromatic rings. The van der Waals surface area contributed by atoms with Crippen molar-refractivity contribution in [3.8, 4) is 11.1 Å². The van der Waals surface area contributed by atoms with E-state index in [1.807, 2.05) is 42.6 Å². The second-order valence-corrected chi connectivity index (χ2v) is 6.57. The Labute approximate surface area is 154 Å². The third-order valence-electron chi connectivity index (χ3n) is 4.79. The number of para-hydroxylation sites is 1. The second kappa shape index (κ2) is 6.21. The maximum atomic E-state index is 12.7. The third-order valence-corrected chi connectivity index (χ3v) is 4.79. The monoisotopic (exact) mass is 352 g/mol. The predicted octanol–water partition coefficient (Wildman–Crippen LogP) is 3.99. The quantitative estimate of drug-likeness (QED) is 0.534. The molecular weight excluding hydrogens is 336 g/mol. The van der Waals surface area contributed by atoms with Crippen molar-refractivity contribution in [1.29, 1.82) is 0 Å². The van der Waals surface area contributed by atoms with E-state index in [9.17, 15) is 4.79 Å². The molecule has 27 heavy (non-hydrogen) atoms. The van der Waals surface area contributed by atoms with E-state index in [2.05, 4.69) is 45.5 Å². The molecule has 130 valence electrons. The molecule has 0 saturated carbocycles. The van der Waals surface area contributed by atoms with Gasteiger partial charge >= 0.3 is 0 Å². The molecule has 0 aliphatic rings. The molecular formula is C22H16N4O. The molecule has 5 nitrogen and oxygen atoms in total. The molecule has 0 radical (unpaired) electrons. The van der Waals surface area contributed by atoms with Crippen molar-refractivity contribution in [2.45, 2.75) is 6.54 Å². The van der Waals surface area contributed by atoms with Gasteiger partial charge in [-0.3, -0.25) is 14.5 Å². The Morgan fingerprint density at radius 2 is 1.81 bits per heavy atom. The number of fused-ring (bicyclic) bond motifs is 2. The average molecular weight is 352 g/mol. The van der Waals surface area contributed by atoms with Gasteiger partial charge in [-0.15, -0.1) is 0 Å². The fourth-order valence-electron chi connectivity index (χ4n) is 3.38. The van der Waals surface area contributed by atoms with Gasteiger partial charge in [0.15, 0.2) is 0 Å². The molecule has 2 aromatic heterocycles. The summed E-state index contributed by atoms with van der Waals surface area (Å²) in [6, 6.07) is 21.9. The number of aromatic amines is 1. The first-order valence-electron chi connectivity index (χ1n) is 8.74. The van der Waals surface area contributed by atoms with Crippen LogP contribution in [-0.2, 0) is 6.54 Å². The van der Waals surface area contributed by atoms with E-state index in [4.69, 9.17) is 0 Å². The van der Waals surface area contributed by atoms with Gasteiger partial charge in [0, 0.05) is 5.39 Å². The molecule has 0 atom stereocenters. The average Bonchev–Trinajstić information content (AvgIpc) is 3.18. The molecule has 0 aliphatic carbocycles. The van der Waals surface area contributed by atoms with Gasteiger partial charge in [-0.05, 0) is 41.0 Å². The smallest absolute Gasteiger partial charge is 0.261 e. The number of hydrogen-bond donors (Lipinski definition) is 1. The molecule has 0 bridgehead atoms. The summed E-state index contributed by atoms with van der Waals surface area (Å²) in [5, 5.41) is 8.81. The Bertz CT molecular complexity index is 1330. The van der Waals surface area contributed by atoms with Crippen molar-refractivity contribution in [2.24, 2.45) is 0 Å². The van der Waals surface area contributed by atoms with Crippen LogP contribution in [-0.4, -0.2) is 19.7 Å². The zero-order chi connectivity index (χ0) is 18.2. The maximum Gasteiger partial charge on any atom is 0.261 e. The fraction of sp³-hybridized carbons (Fsp3) is 0.0455. The molecule has 3 aromatic carbocycles. The maximum absolute atomic E-state index is 12.7. The van der Waals surface area contributed by atoms with E-state index in [0.29, 0.717) is 11.9 Å². The van der Waals surface area contributed by atoms with Gasteiger partial charge in [0.2, 0.25) is 0 Å². The molecule has 2 heterocycles. The van der Waals surface area contributed by atoms with E-state index in [1.165, 1.54) is 0 Å². The van der Waals surface area contributed by atoms with Gasteiger partial charge in [0.05, 0.1) is 35.5 Å². The number of aromatic nitrogens is 4. The molecule has 0 amide bonds. The minimum absolute atomic E-state index is 0.0233. The first kappa shape index (κ1) is 15.5. The molecule has 5 rings (SSSR count). The van der Waals surface area contributed by atoms with Gasteiger partial charge in [0.1, 0.15) is 0 Å². The Hall–Kier alpha value is -3.73. The van der Waals surface area contributed by atoms with Gasteiger partial charge < -0.3 is 0 Å². The van der Waals surface area contributed by atoms with Crippen LogP contribution in [0, 0.1) is 0 Å². The predicted molar refractivity (Wildman–Crippen MR) is 107 cm³/mol. The van der Waals surface area contributed by atoms with E-state index < -0.39 is 0 Å². The van der Waals surface area contributed by atoms with Gasteiger partial charge in [-0.1, -0.05) is 42.5 Å². The second-order valence-electron chi connectivity index (χ2n) is 6.57. The summed E-state index contributed by atoms with van der Waals surface area (Å²) in [5.41, 5.74) is 4.97. The topological polar surface area (TPSA) is 63.6 Å². The zero-order valence-electron chi connectivity index (χ0n) is 14.5. The number of hydrogen-bond acceptors (Lipinski definition) is 3. The summed E-state index contributed by atoms with van der Waals surface area (Å²) in [5.74, 6) is 0. The number of rotatable bonds is 3. The van der Waals surface area contributed by atoms with Crippen molar-refractivity contribution in [2.75, 3.05) is 0 Å². The SMILES string of the molecule is O=c1c2ccccc2ncn1Cc1cccc(-c2ccc3cn[nH]c3c2)c1. The van der Waals surface area contributed by atoms with E-state index >= 15 is 0 Å². The third kappa shape index (κ3) is 2.79. The van der Waals surface area contributed by atoms with E-state index in [1.54, 1.807) is 10.9 Å². The molecule has 0 spiro atoms. The first-order chi connectivity index (χ1) is 13.3. The Kier molecular flexibility index (Phi) is 3.57. The summed E-state index contributed by atoms with van der Waals surface area (Å²) in [4.78, 5) is 17.1. The Morgan fingerprint density at radius 1 is 0.926 bits per heavy atom. The van der Waals surface area contributed by atoms with Crippen LogP contribution in [0.5, 0.6) is 0 Å². The summed E-state index contributed by atoms with van der Waals surface area (Å²) < 4.78 is 1.65. The highest BCUT2D eigenvalue weighted by molar-refractivity contribution is 5.83. The largest absolute Gasteiger partial charge is 0.294 e. The summed E-state index contributed by atoms with van der Waals surface area (Å²) >= 11 is 0. The van der Waals surface area contributed by atoms with Crippen LogP contribution in [0.3, 0.4) is 0 Å². The molecule has 0 unspecified atom stereocenters. The number of benzene rings is 3. The number of nitrogens with zero attached hydrogens (tertiary/aromatic N) is 3. The molecule has 0 fully saturated rings. The lowest BCUT2D eigenvalue weighted by Gasteiger charge is -2.09. The van der Waals surface area contributed by atoms with Crippen molar-refractivity contribution in [3.05, 3.63) is 95.2 Å². The molecule has 0 saturated heterocycles. The summed E-state index contributed by atoms with van der Waals surface area (Å²) in [6.07, 6.45) is 3.43. The lowest BCUT2D eigenvalue weighted by atomic mass is 10.0. The first-order valence-corrected chi connectivity index (χ1v) is 8.74. The fourth-order valence-corrected chi connectivity index (χ4v) is 3.38. The Balaban J connectivity index is 1.52. The minimum atomic E-state index is -0.0233. The number of nitrogens with one attached hydrogen (secondary N) is 1. The van der Waals surface area contributed by atoms with Gasteiger partial charge in [-0.2, -0.15) is 5.10 Å². The normalized spacial score (nSPS) is 11.3. The summed E-state index contributed by atoms with van der Waals surface area (Å²) in [7, 11) is 0. The standard InChI is InChI=1S/C22H16N4O/c27-22-19-6-1-2-7-20(19)23-14-26(22)13-15-4-3-5-16(10-15)17-8-9-18-12-24-25-21(18)11-17/h1-12,14H,13H2,(H,24,25). The summed E-state index contributed by atoms with van der Waals surface area (Å²) in [6.45, 7) is 0.483. The highest BCUT2D eigenvalue weighted by atomic mass is 16.1. The number of H-pyrrole nitrogens is 1. The highest BCUT2D eigenvalue weighted by Gasteiger charge is 2.06. The minimum Gasteiger partial charge on any atom is -0.294 e. The van der Waals surface area contributed by atoms with Crippen molar-refractivity contribution < 1.29 is 0 Å². The van der Waals surface area contributed by atoms with Crippen LogP contribution in [0.1, 0.15) is 5.56 Å². The Morgan fingerprint density at radius 3 is 2.78 bits per heavy atom. The van der Waals surface area contributed by atoms with Crippen LogP contribution in [0.4, 0.5) is 0 Å². The lowest BCUT2D eigenvalue weighted by molar-refractivity contribution is 0.748. The van der Waals surface area contributed by atoms with Crippen LogP contribution in [0.2, 0.25) is 0 Å². The van der Waals surface area contributed by atoms with Gasteiger partial charge in [-0.25, -0.2) is 4.98 Å². The van der Waals surface area contributed by atoms with Crippen LogP contribution >= 0.6 is 0 Å². The van der Waals surface area contributed by atoms with E-state index in [-0.39, 0.29) is 5.56 Å². The van der Waals surface area contributed by atoms with Crippen molar-refractivity contribution in [1.82, 2.24) is 19.7 Å². The van der Waals surface area contributed by atoms with Gasteiger partial charge in [0.25, 0.3) is 5.56 Å². The lowest BCUT2D eigenvalue weighted by Crippen LogP contribution is -2.21. The zero-order valence-corrected chi connectivity index (χ0v) is 14.5. The molecule has 1 N–H and O–H groups in total. The van der Waals surface area contributed by atoms with Crippen LogP contribution in [0.25, 0.3) is 32.9 Å². The van der Waals surface area contributed by atoms with Crippen molar-refractivity contribution in [3.63, 3.8) is 0 Å². The van der Waals surface area contributed by atoms with Crippen LogP contribution in [0.15, 0.2) is 84.0 Å². The van der Waals surface area contributed by atoms with Crippen molar-refractivity contribution >= 4 is 21.8 Å². The van der Waals surface area contributed by atoms with E-state index in [0.717, 1.165) is 33.1 Å². The molecule has 5 heteroatoms.